The molecular weight excluding hydrogens is 395 g/mol. The van der Waals surface area contributed by atoms with Gasteiger partial charge in [-0.2, -0.15) is 5.10 Å². The van der Waals surface area contributed by atoms with Crippen LogP contribution in [0.3, 0.4) is 0 Å². The fraction of sp³-hybridized carbons (Fsp3) is 0.583. The second-order valence-corrected chi connectivity index (χ2v) is 8.95. The first-order valence-electron chi connectivity index (χ1n) is 11.4. The third-order valence-electron chi connectivity index (χ3n) is 6.61. The number of piperidine rings is 1. The molecule has 168 valence electrons. The van der Waals surface area contributed by atoms with E-state index in [0.717, 1.165) is 63.2 Å². The minimum atomic E-state index is -0.136. The molecule has 31 heavy (non-hydrogen) atoms. The van der Waals surface area contributed by atoms with E-state index < -0.39 is 0 Å². The SMILES string of the molecule is Cc1cc(C(=O)N(CC2CCN(Cc3ccccc3F)CC2)C[C@H]2CCCO2)nn1C. The molecule has 2 saturated heterocycles. The van der Waals surface area contributed by atoms with Crippen LogP contribution in [0.5, 0.6) is 0 Å². The maximum atomic E-state index is 14.0. The van der Waals surface area contributed by atoms with E-state index >= 15 is 0 Å². The van der Waals surface area contributed by atoms with E-state index in [-0.39, 0.29) is 17.8 Å². The monoisotopic (exact) mass is 428 g/mol. The van der Waals surface area contributed by atoms with Crippen LogP contribution in [0.1, 0.15) is 47.4 Å². The number of nitrogens with zero attached hydrogens (tertiary/aromatic N) is 4. The van der Waals surface area contributed by atoms with E-state index in [4.69, 9.17) is 4.74 Å². The van der Waals surface area contributed by atoms with Crippen molar-refractivity contribution in [3.05, 3.63) is 53.1 Å². The lowest BCUT2D eigenvalue weighted by atomic mass is 9.95. The quantitative estimate of drug-likeness (QED) is 0.678. The van der Waals surface area contributed by atoms with Crippen LogP contribution in [0, 0.1) is 18.7 Å². The minimum Gasteiger partial charge on any atom is -0.376 e. The maximum Gasteiger partial charge on any atom is 0.274 e. The highest BCUT2D eigenvalue weighted by Gasteiger charge is 2.29. The van der Waals surface area contributed by atoms with Gasteiger partial charge in [0.05, 0.1) is 6.10 Å². The number of carbonyl (C=O) groups excluding carboxylic acids is 1. The summed E-state index contributed by atoms with van der Waals surface area (Å²) in [6.45, 7) is 6.58. The Morgan fingerprint density at radius 1 is 1.23 bits per heavy atom. The molecule has 7 heteroatoms. The van der Waals surface area contributed by atoms with Crippen molar-refractivity contribution >= 4 is 5.91 Å². The second-order valence-electron chi connectivity index (χ2n) is 8.95. The normalized spacial score (nSPS) is 20.3. The average molecular weight is 429 g/mol. The van der Waals surface area contributed by atoms with Gasteiger partial charge in [-0.25, -0.2) is 4.39 Å². The summed E-state index contributed by atoms with van der Waals surface area (Å²) < 4.78 is 21.5. The first-order valence-corrected chi connectivity index (χ1v) is 11.4. The molecule has 2 fully saturated rings. The standard InChI is InChI=1S/C24H33FN4O2/c1-18-14-23(26-27(18)2)24(30)29(17-21-7-5-13-31-21)15-19-9-11-28(12-10-19)16-20-6-3-4-8-22(20)25/h3-4,6,8,14,19,21H,5,7,9-13,15-17H2,1-2H3/t21-/m1/s1. The molecule has 1 amide bonds. The molecule has 0 N–H and O–H groups in total. The summed E-state index contributed by atoms with van der Waals surface area (Å²) in [7, 11) is 1.86. The second kappa shape index (κ2) is 9.92. The zero-order chi connectivity index (χ0) is 21.8. The van der Waals surface area contributed by atoms with E-state index in [9.17, 15) is 9.18 Å². The van der Waals surface area contributed by atoms with Crippen LogP contribution >= 0.6 is 0 Å². The number of hydrogen-bond acceptors (Lipinski definition) is 4. The molecule has 0 aliphatic carbocycles. The molecule has 0 bridgehead atoms. The van der Waals surface area contributed by atoms with Crippen LogP contribution in [-0.4, -0.2) is 64.4 Å². The third-order valence-corrected chi connectivity index (χ3v) is 6.61. The third kappa shape index (κ3) is 5.52. The highest BCUT2D eigenvalue weighted by atomic mass is 19.1. The predicted molar refractivity (Wildman–Crippen MR) is 117 cm³/mol. The fourth-order valence-corrected chi connectivity index (χ4v) is 4.61. The molecule has 3 heterocycles. The van der Waals surface area contributed by atoms with Crippen molar-refractivity contribution < 1.29 is 13.9 Å². The molecule has 0 spiro atoms. The number of carbonyl (C=O) groups is 1. The highest BCUT2D eigenvalue weighted by Crippen LogP contribution is 2.23. The van der Waals surface area contributed by atoms with Gasteiger partial charge < -0.3 is 9.64 Å². The molecule has 1 atom stereocenters. The van der Waals surface area contributed by atoms with Gasteiger partial charge in [0.15, 0.2) is 5.69 Å². The lowest BCUT2D eigenvalue weighted by Crippen LogP contribution is -2.43. The topological polar surface area (TPSA) is 50.6 Å². The lowest BCUT2D eigenvalue weighted by molar-refractivity contribution is 0.0439. The Kier molecular flexibility index (Phi) is 7.02. The van der Waals surface area contributed by atoms with Crippen molar-refractivity contribution in [2.24, 2.45) is 13.0 Å². The summed E-state index contributed by atoms with van der Waals surface area (Å²) >= 11 is 0. The number of aromatic nitrogens is 2. The predicted octanol–water partition coefficient (Wildman–Crippen LogP) is 3.40. The van der Waals surface area contributed by atoms with E-state index in [1.165, 1.54) is 6.07 Å². The van der Waals surface area contributed by atoms with Crippen LogP contribution in [0.2, 0.25) is 0 Å². The number of rotatable bonds is 7. The van der Waals surface area contributed by atoms with Crippen molar-refractivity contribution in [1.82, 2.24) is 19.6 Å². The van der Waals surface area contributed by atoms with Crippen molar-refractivity contribution in [2.75, 3.05) is 32.8 Å². The Morgan fingerprint density at radius 2 is 2.00 bits per heavy atom. The van der Waals surface area contributed by atoms with Crippen molar-refractivity contribution in [3.8, 4) is 0 Å². The molecule has 0 radical (unpaired) electrons. The molecular formula is C24H33FN4O2. The van der Waals surface area contributed by atoms with Crippen LogP contribution in [0.25, 0.3) is 0 Å². The van der Waals surface area contributed by atoms with E-state index in [2.05, 4.69) is 10.00 Å². The van der Waals surface area contributed by atoms with Gasteiger partial charge >= 0.3 is 0 Å². The summed E-state index contributed by atoms with van der Waals surface area (Å²) in [6.07, 6.45) is 4.20. The van der Waals surface area contributed by atoms with Gasteiger partial charge in [0.1, 0.15) is 5.82 Å². The highest BCUT2D eigenvalue weighted by molar-refractivity contribution is 5.92. The number of hydrogen-bond donors (Lipinski definition) is 0. The number of aryl methyl sites for hydroxylation is 2. The van der Waals surface area contributed by atoms with Crippen LogP contribution in [-0.2, 0) is 18.3 Å². The van der Waals surface area contributed by atoms with Gasteiger partial charge in [0.2, 0.25) is 0 Å². The van der Waals surface area contributed by atoms with Crippen molar-refractivity contribution in [2.45, 2.75) is 45.3 Å². The molecule has 2 aliphatic heterocycles. The molecule has 0 saturated carbocycles. The number of benzene rings is 1. The molecule has 4 rings (SSSR count). The minimum absolute atomic E-state index is 0.00649. The Hall–Kier alpha value is -2.25. The Bertz CT molecular complexity index is 866. The van der Waals surface area contributed by atoms with Crippen LogP contribution in [0.4, 0.5) is 4.39 Å². The lowest BCUT2D eigenvalue weighted by Gasteiger charge is -2.35. The van der Waals surface area contributed by atoms with Crippen LogP contribution < -0.4 is 0 Å². The van der Waals surface area contributed by atoms with Gasteiger partial charge in [-0.1, -0.05) is 18.2 Å². The summed E-state index contributed by atoms with van der Waals surface area (Å²) in [4.78, 5) is 17.5. The summed E-state index contributed by atoms with van der Waals surface area (Å²) in [5.74, 6) is 0.295. The number of likely N-dealkylation sites (tertiary alicyclic amines) is 1. The zero-order valence-electron chi connectivity index (χ0n) is 18.6. The first-order chi connectivity index (χ1) is 15.0. The summed E-state index contributed by atoms with van der Waals surface area (Å²) in [6, 6.07) is 8.86. The summed E-state index contributed by atoms with van der Waals surface area (Å²) in [5, 5.41) is 4.41. The average Bonchev–Trinajstić information content (AvgIpc) is 3.40. The maximum absolute atomic E-state index is 14.0. The van der Waals surface area contributed by atoms with Gasteiger partial charge in [-0.05, 0) is 63.7 Å². The summed E-state index contributed by atoms with van der Waals surface area (Å²) in [5.41, 5.74) is 2.23. The van der Waals surface area contributed by atoms with E-state index in [1.807, 2.05) is 37.1 Å². The number of ether oxygens (including phenoxy) is 1. The molecule has 0 unspecified atom stereocenters. The molecule has 2 aromatic rings. The Labute approximate surface area is 184 Å². The largest absolute Gasteiger partial charge is 0.376 e. The van der Waals surface area contributed by atoms with Gasteiger partial charge in [-0.3, -0.25) is 14.4 Å². The Morgan fingerprint density at radius 3 is 2.65 bits per heavy atom. The van der Waals surface area contributed by atoms with E-state index in [0.29, 0.717) is 24.7 Å². The van der Waals surface area contributed by atoms with Gasteiger partial charge in [0, 0.05) is 44.5 Å². The zero-order valence-corrected chi connectivity index (χ0v) is 18.6. The number of amides is 1. The van der Waals surface area contributed by atoms with Crippen LogP contribution in [0.15, 0.2) is 30.3 Å². The van der Waals surface area contributed by atoms with Crippen molar-refractivity contribution in [3.63, 3.8) is 0 Å². The molecule has 2 aliphatic rings. The van der Waals surface area contributed by atoms with Crippen molar-refractivity contribution in [1.29, 1.82) is 0 Å². The van der Waals surface area contributed by atoms with E-state index in [1.54, 1.807) is 10.7 Å². The molecule has 1 aromatic carbocycles. The fourth-order valence-electron chi connectivity index (χ4n) is 4.61. The van der Waals surface area contributed by atoms with Gasteiger partial charge in [-0.15, -0.1) is 0 Å². The smallest absolute Gasteiger partial charge is 0.274 e. The van der Waals surface area contributed by atoms with Gasteiger partial charge in [0.25, 0.3) is 5.91 Å². The number of halogens is 1. The molecule has 1 aromatic heterocycles. The molecule has 6 nitrogen and oxygen atoms in total. The Balaban J connectivity index is 1.36. The first kappa shape index (κ1) is 22.0.